The summed E-state index contributed by atoms with van der Waals surface area (Å²) in [5.74, 6) is 5.21. The van der Waals surface area contributed by atoms with Gasteiger partial charge in [0, 0.05) is 0 Å². The van der Waals surface area contributed by atoms with E-state index in [0.717, 1.165) is 29.6 Å². The highest BCUT2D eigenvalue weighted by molar-refractivity contribution is 5.07. The molecule has 6 N–H and O–H groups in total. The minimum atomic E-state index is 0. The maximum absolute atomic E-state index is 2.67. The van der Waals surface area contributed by atoms with E-state index >= 15 is 0 Å². The summed E-state index contributed by atoms with van der Waals surface area (Å²) < 4.78 is 0. The fourth-order valence-corrected chi connectivity index (χ4v) is 5.41. The molecule has 0 aliphatic heterocycles. The van der Waals surface area contributed by atoms with E-state index in [4.69, 9.17) is 0 Å². The molecular weight excluding hydrogens is 264 g/mol. The number of hydrogen-bond donors (Lipinski definition) is 0. The van der Waals surface area contributed by atoms with Crippen LogP contribution in [0.15, 0.2) is 11.6 Å². The molecule has 4 atom stereocenters. The van der Waals surface area contributed by atoms with Gasteiger partial charge in [-0.15, -0.1) is 0 Å². The van der Waals surface area contributed by atoms with Gasteiger partial charge in [0.15, 0.2) is 0 Å². The van der Waals surface area contributed by atoms with Gasteiger partial charge >= 0.3 is 0 Å². The van der Waals surface area contributed by atoms with Crippen LogP contribution in [0.3, 0.4) is 0 Å². The summed E-state index contributed by atoms with van der Waals surface area (Å²) in [4.78, 5) is 0. The van der Waals surface area contributed by atoms with E-state index in [2.05, 4.69) is 19.9 Å². The second-order valence-electron chi connectivity index (χ2n) is 7.47. The molecule has 126 valence electrons. The van der Waals surface area contributed by atoms with Crippen LogP contribution in [0, 0.1) is 29.6 Å². The van der Waals surface area contributed by atoms with Crippen molar-refractivity contribution in [3.63, 3.8) is 0 Å². The summed E-state index contributed by atoms with van der Waals surface area (Å²) in [6, 6.07) is 0. The quantitative estimate of drug-likeness (QED) is 0.665. The summed E-state index contributed by atoms with van der Waals surface area (Å²) in [7, 11) is 0. The van der Waals surface area contributed by atoms with Crippen LogP contribution in [0.2, 0.25) is 0 Å². The summed E-state index contributed by atoms with van der Waals surface area (Å²) in [6.07, 6.45) is 16.4. The summed E-state index contributed by atoms with van der Waals surface area (Å²) in [5, 5.41) is 0. The summed E-state index contributed by atoms with van der Waals surface area (Å²) in [6.45, 7) is 4.62. The molecule has 0 aromatic carbocycles. The van der Waals surface area contributed by atoms with Gasteiger partial charge in [-0.3, -0.25) is 0 Å². The summed E-state index contributed by atoms with van der Waals surface area (Å²) >= 11 is 0. The van der Waals surface area contributed by atoms with Crippen molar-refractivity contribution in [2.24, 2.45) is 29.6 Å². The van der Waals surface area contributed by atoms with E-state index in [0.29, 0.717) is 0 Å². The molecule has 3 saturated carbocycles. The van der Waals surface area contributed by atoms with Crippen LogP contribution in [-0.4, -0.2) is 16.4 Å². The molecule has 4 unspecified atom stereocenters. The van der Waals surface area contributed by atoms with Crippen LogP contribution in [0.4, 0.5) is 0 Å². The van der Waals surface area contributed by atoms with Crippen LogP contribution in [-0.2, 0) is 0 Å². The van der Waals surface area contributed by atoms with Gasteiger partial charge in [0.1, 0.15) is 0 Å². The van der Waals surface area contributed by atoms with Crippen molar-refractivity contribution in [2.75, 3.05) is 0 Å². The van der Waals surface area contributed by atoms with Crippen LogP contribution in [0.1, 0.15) is 71.6 Å². The van der Waals surface area contributed by atoms with Gasteiger partial charge in [-0.05, 0) is 62.7 Å². The summed E-state index contributed by atoms with van der Waals surface area (Å²) in [5.41, 5.74) is 1.57. The Bertz CT molecular complexity index is 300. The smallest absolute Gasteiger partial charge is 0.0169 e. The minimum Gasteiger partial charge on any atom is -0.412 e. The Morgan fingerprint density at radius 1 is 0.714 bits per heavy atom. The molecule has 3 fully saturated rings. The molecule has 0 aromatic rings. The predicted octanol–water partition coefficient (Wildman–Crippen LogP) is 3.11. The molecule has 0 saturated heterocycles. The Labute approximate surface area is 130 Å². The largest absolute Gasteiger partial charge is 0.412 e. The standard InChI is InChI=1S/C18H30.3H2O/c1-13(2)11-18-16-9-5-3-7-14(16)12-15-8-4-6-10-17(15)18;;;/h11,14-18H,3-10,12H2,1-2H3;3*1H2. The lowest BCUT2D eigenvalue weighted by Crippen LogP contribution is -2.42. The molecule has 3 heteroatoms. The van der Waals surface area contributed by atoms with Crippen molar-refractivity contribution in [3.8, 4) is 0 Å². The predicted molar refractivity (Wildman–Crippen MR) is 89.3 cm³/mol. The number of rotatable bonds is 1. The molecule has 0 heterocycles. The third-order valence-electron chi connectivity index (χ3n) is 6.06. The molecular formula is C18H36O3. The van der Waals surface area contributed by atoms with Crippen molar-refractivity contribution < 1.29 is 16.4 Å². The zero-order valence-corrected chi connectivity index (χ0v) is 13.8. The normalized spacial score (nSPS) is 37.5. The molecule has 0 amide bonds. The van der Waals surface area contributed by atoms with Crippen LogP contribution in [0.5, 0.6) is 0 Å². The van der Waals surface area contributed by atoms with Gasteiger partial charge in [-0.2, -0.15) is 0 Å². The third kappa shape index (κ3) is 4.30. The van der Waals surface area contributed by atoms with Gasteiger partial charge in [0.25, 0.3) is 0 Å². The molecule has 3 nitrogen and oxygen atoms in total. The van der Waals surface area contributed by atoms with E-state index in [1.807, 2.05) is 0 Å². The van der Waals surface area contributed by atoms with E-state index in [9.17, 15) is 0 Å². The zero-order valence-electron chi connectivity index (χ0n) is 13.8. The van der Waals surface area contributed by atoms with Gasteiger partial charge in [-0.25, -0.2) is 0 Å². The van der Waals surface area contributed by atoms with Crippen molar-refractivity contribution in [2.45, 2.75) is 71.6 Å². The second-order valence-corrected chi connectivity index (χ2v) is 7.47. The second kappa shape index (κ2) is 8.92. The van der Waals surface area contributed by atoms with Gasteiger partial charge in [0.2, 0.25) is 0 Å². The molecule has 0 bridgehead atoms. The number of allylic oxidation sites excluding steroid dienone is 2. The van der Waals surface area contributed by atoms with Gasteiger partial charge in [-0.1, -0.05) is 50.2 Å². The van der Waals surface area contributed by atoms with E-state index in [-0.39, 0.29) is 16.4 Å². The maximum atomic E-state index is 2.67. The van der Waals surface area contributed by atoms with E-state index in [1.165, 1.54) is 38.5 Å². The lowest BCUT2D eigenvalue weighted by molar-refractivity contribution is 0.0113. The molecule has 3 rings (SSSR count). The van der Waals surface area contributed by atoms with Crippen molar-refractivity contribution >= 4 is 0 Å². The Morgan fingerprint density at radius 2 is 1.14 bits per heavy atom. The molecule has 0 aromatic heterocycles. The molecule has 3 aliphatic carbocycles. The first-order valence-corrected chi connectivity index (χ1v) is 8.40. The average Bonchev–Trinajstić information content (AvgIpc) is 2.38. The fraction of sp³-hybridized carbons (Fsp3) is 0.889. The third-order valence-corrected chi connectivity index (χ3v) is 6.06. The van der Waals surface area contributed by atoms with Gasteiger partial charge in [0.05, 0.1) is 0 Å². The highest BCUT2D eigenvalue weighted by atomic mass is 16.0. The van der Waals surface area contributed by atoms with Crippen LogP contribution < -0.4 is 0 Å². The first-order chi connectivity index (χ1) is 8.75. The highest BCUT2D eigenvalue weighted by Gasteiger charge is 2.44. The van der Waals surface area contributed by atoms with Crippen LogP contribution in [0.25, 0.3) is 0 Å². The van der Waals surface area contributed by atoms with Crippen LogP contribution >= 0.6 is 0 Å². The molecule has 3 aliphatic rings. The monoisotopic (exact) mass is 300 g/mol. The first-order valence-electron chi connectivity index (χ1n) is 8.40. The number of fused-ring (bicyclic) bond motifs is 2. The Hall–Kier alpha value is -0.380. The lowest BCUT2D eigenvalue weighted by Gasteiger charge is -2.50. The SMILES string of the molecule is CC(C)=CC1C2CCCCC2CC2CCCCC21.O.O.O. The first kappa shape index (κ1) is 20.6. The fourth-order valence-electron chi connectivity index (χ4n) is 5.41. The Kier molecular flexibility index (Phi) is 8.76. The van der Waals surface area contributed by atoms with E-state index < -0.39 is 0 Å². The molecule has 0 radical (unpaired) electrons. The highest BCUT2D eigenvalue weighted by Crippen LogP contribution is 2.53. The van der Waals surface area contributed by atoms with E-state index in [1.54, 1.807) is 24.8 Å². The van der Waals surface area contributed by atoms with Crippen molar-refractivity contribution in [1.29, 1.82) is 0 Å². The minimum absolute atomic E-state index is 0. The zero-order chi connectivity index (χ0) is 12.5. The van der Waals surface area contributed by atoms with Crippen molar-refractivity contribution in [3.05, 3.63) is 11.6 Å². The Balaban J connectivity index is 0.00000133. The molecule has 0 spiro atoms. The van der Waals surface area contributed by atoms with Crippen molar-refractivity contribution in [1.82, 2.24) is 0 Å². The lowest BCUT2D eigenvalue weighted by atomic mass is 9.54. The topological polar surface area (TPSA) is 94.5 Å². The average molecular weight is 300 g/mol. The Morgan fingerprint density at radius 3 is 1.57 bits per heavy atom. The molecule has 21 heavy (non-hydrogen) atoms. The number of hydrogen-bond acceptors (Lipinski definition) is 0. The van der Waals surface area contributed by atoms with Gasteiger partial charge < -0.3 is 16.4 Å². The maximum Gasteiger partial charge on any atom is -0.0169 e.